The molecule has 0 atom stereocenters. The van der Waals surface area contributed by atoms with Gasteiger partial charge in [0.25, 0.3) is 0 Å². The Bertz CT molecular complexity index is 3070. The summed E-state index contributed by atoms with van der Waals surface area (Å²) in [6, 6.07) is 35.4. The summed E-state index contributed by atoms with van der Waals surface area (Å²) in [6.07, 6.45) is 1.62. The van der Waals surface area contributed by atoms with E-state index < -0.39 is 18.1 Å². The second-order valence-corrected chi connectivity index (χ2v) is 12.3. The van der Waals surface area contributed by atoms with Crippen LogP contribution in [0.15, 0.2) is 146 Å². The first-order chi connectivity index (χ1) is 24.9. The van der Waals surface area contributed by atoms with Crippen molar-refractivity contribution in [3.63, 3.8) is 0 Å². The first-order valence-corrected chi connectivity index (χ1v) is 15.8. The topological polar surface area (TPSA) is 43.6 Å². The number of hydrogen-bond donors (Lipinski definition) is 0. The summed E-state index contributed by atoms with van der Waals surface area (Å²) < 4.78 is 46.8. The Labute approximate surface area is 274 Å². The molecule has 0 unspecified atom stereocenters. The number of hydrogen-bond acceptors (Lipinski definition) is 4. The van der Waals surface area contributed by atoms with E-state index in [1.165, 1.54) is 41.7 Å². The number of pyridine rings is 1. The van der Waals surface area contributed by atoms with Crippen LogP contribution in [0, 0.1) is 0 Å². The van der Waals surface area contributed by atoms with E-state index in [2.05, 4.69) is 94.5 Å². The van der Waals surface area contributed by atoms with Crippen molar-refractivity contribution in [2.45, 2.75) is 0 Å². The van der Waals surface area contributed by atoms with Gasteiger partial charge in [-0.15, -0.1) is 11.3 Å². The van der Waals surface area contributed by atoms with Crippen LogP contribution >= 0.6 is 11.3 Å². The van der Waals surface area contributed by atoms with Gasteiger partial charge in [0.2, 0.25) is 0 Å². The number of aromatic nitrogens is 4. The van der Waals surface area contributed by atoms with E-state index in [9.17, 15) is 0 Å². The lowest BCUT2D eigenvalue weighted by Gasteiger charge is -2.12. The zero-order valence-electron chi connectivity index (χ0n) is 29.2. The van der Waals surface area contributed by atoms with Gasteiger partial charge in [-0.2, -0.15) is 0 Å². The van der Waals surface area contributed by atoms with E-state index in [-0.39, 0.29) is 23.3 Å². The molecule has 0 radical (unpaired) electrons. The summed E-state index contributed by atoms with van der Waals surface area (Å²) in [4.78, 5) is 14.1. The van der Waals surface area contributed by atoms with Crippen LogP contribution in [-0.4, -0.2) is 19.5 Å². The van der Waals surface area contributed by atoms with E-state index >= 15 is 0 Å². The van der Waals surface area contributed by atoms with Crippen molar-refractivity contribution in [3.05, 3.63) is 146 Å². The van der Waals surface area contributed by atoms with Gasteiger partial charge in [0.05, 0.1) is 23.6 Å². The van der Waals surface area contributed by atoms with E-state index in [0.29, 0.717) is 22.4 Å². The minimum atomic E-state index is -0.452. The van der Waals surface area contributed by atoms with Crippen LogP contribution < -0.4 is 0 Å². The van der Waals surface area contributed by atoms with Gasteiger partial charge in [0, 0.05) is 64.7 Å². The van der Waals surface area contributed by atoms with Gasteiger partial charge in [-0.3, -0.25) is 0 Å². The highest BCUT2D eigenvalue weighted by Crippen LogP contribution is 2.47. The Kier molecular flexibility index (Phi) is 4.46. The molecular formula is C41H24N4S. The zero-order chi connectivity index (χ0) is 34.5. The Balaban J connectivity index is 1.23. The normalized spacial score (nSPS) is 13.4. The Hall–Kier alpha value is -5.91. The maximum Gasteiger partial charge on any atom is 0.163 e. The summed E-state index contributed by atoms with van der Waals surface area (Å²) in [6.45, 7) is 0. The lowest BCUT2D eigenvalue weighted by atomic mass is 10.00. The molecule has 0 aliphatic rings. The SMILES string of the molecule is [2H]c1c([2H])c([2H])c(-c2nc(-c3ccc(-n4c5ccccc5c5c6ccccc6c6sc7ccccc7c6c54)cc3)nc3ncccc23)c([2H])c1[2H]. The molecule has 6 aromatic carbocycles. The molecule has 0 aliphatic heterocycles. The molecule has 4 heterocycles. The second-order valence-electron chi connectivity index (χ2n) is 11.2. The summed E-state index contributed by atoms with van der Waals surface area (Å²) >= 11 is 1.83. The molecule has 0 aliphatic carbocycles. The van der Waals surface area contributed by atoms with Gasteiger partial charge in [-0.25, -0.2) is 15.0 Å². The number of rotatable bonds is 3. The van der Waals surface area contributed by atoms with Crippen LogP contribution in [0.4, 0.5) is 0 Å². The molecule has 10 aromatic rings. The van der Waals surface area contributed by atoms with E-state index in [1.807, 2.05) is 23.5 Å². The summed E-state index contributed by atoms with van der Waals surface area (Å²) in [7, 11) is 0. The van der Waals surface area contributed by atoms with Crippen molar-refractivity contribution in [1.82, 2.24) is 19.5 Å². The summed E-state index contributed by atoms with van der Waals surface area (Å²) in [5.74, 6) is 0.342. The van der Waals surface area contributed by atoms with Gasteiger partial charge in [-0.1, -0.05) is 90.9 Å². The van der Waals surface area contributed by atoms with Crippen molar-refractivity contribution >= 4 is 75.1 Å². The van der Waals surface area contributed by atoms with Gasteiger partial charge in [0.1, 0.15) is 0 Å². The zero-order valence-corrected chi connectivity index (χ0v) is 25.0. The fraction of sp³-hybridized carbons (Fsp3) is 0. The number of fused-ring (bicyclic) bond motifs is 11. The molecule has 0 fully saturated rings. The first-order valence-electron chi connectivity index (χ1n) is 17.5. The fourth-order valence-electron chi connectivity index (χ4n) is 6.80. The third kappa shape index (κ3) is 3.63. The molecular weight excluding hydrogens is 581 g/mol. The molecule has 0 saturated carbocycles. The molecule has 0 N–H and O–H groups in total. The number of para-hydroxylation sites is 1. The molecule has 5 heteroatoms. The molecule has 0 saturated heterocycles. The Morgan fingerprint density at radius 3 is 2.15 bits per heavy atom. The van der Waals surface area contributed by atoms with Crippen molar-refractivity contribution < 1.29 is 6.85 Å². The minimum absolute atomic E-state index is 0.0174. The maximum atomic E-state index is 8.65. The van der Waals surface area contributed by atoms with Crippen LogP contribution in [0.1, 0.15) is 6.85 Å². The van der Waals surface area contributed by atoms with E-state index in [0.717, 1.165) is 16.7 Å². The largest absolute Gasteiger partial charge is 0.309 e. The average molecular weight is 610 g/mol. The van der Waals surface area contributed by atoms with Crippen LogP contribution in [0.25, 0.3) is 92.1 Å². The highest BCUT2D eigenvalue weighted by molar-refractivity contribution is 7.27. The van der Waals surface area contributed by atoms with Crippen LogP contribution in [0.2, 0.25) is 0 Å². The van der Waals surface area contributed by atoms with Crippen LogP contribution in [0.3, 0.4) is 0 Å². The van der Waals surface area contributed by atoms with Crippen LogP contribution in [0.5, 0.6) is 0 Å². The first kappa shape index (κ1) is 20.9. The molecule has 0 spiro atoms. The fourth-order valence-corrected chi connectivity index (χ4v) is 8.04. The number of thiophene rings is 1. The standard InChI is InChI=1S/C41H24N4S/c1-2-11-25(12-3-1)37-32-17-10-24-42-41(32)44-40(43-37)26-20-22-27(23-21-26)45-33-18-8-6-15-30(33)35-28-13-4-5-14-29(28)39-36(38(35)45)31-16-7-9-19-34(31)46-39/h1-24H/i1D,2D,3D,11D,12D. The average Bonchev–Trinajstić information content (AvgIpc) is 3.73. The van der Waals surface area contributed by atoms with Crippen molar-refractivity contribution in [3.8, 4) is 28.3 Å². The third-order valence-electron chi connectivity index (χ3n) is 8.74. The lowest BCUT2D eigenvalue weighted by Crippen LogP contribution is -1.98. The molecule has 10 rings (SSSR count). The number of nitrogens with zero attached hydrogens (tertiary/aromatic N) is 4. The van der Waals surface area contributed by atoms with Crippen molar-refractivity contribution in [2.24, 2.45) is 0 Å². The van der Waals surface area contributed by atoms with Gasteiger partial charge in [0.15, 0.2) is 11.5 Å². The van der Waals surface area contributed by atoms with Crippen molar-refractivity contribution in [2.75, 3.05) is 0 Å². The predicted octanol–water partition coefficient (Wildman–Crippen LogP) is 11.0. The summed E-state index contributed by atoms with van der Waals surface area (Å²) in [5.41, 5.74) is 4.56. The maximum absolute atomic E-state index is 8.65. The lowest BCUT2D eigenvalue weighted by molar-refractivity contribution is 1.17. The van der Waals surface area contributed by atoms with Gasteiger partial charge < -0.3 is 4.57 Å². The highest BCUT2D eigenvalue weighted by atomic mass is 32.1. The Morgan fingerprint density at radius 2 is 1.30 bits per heavy atom. The molecule has 0 bridgehead atoms. The van der Waals surface area contributed by atoms with Crippen LogP contribution in [-0.2, 0) is 0 Å². The minimum Gasteiger partial charge on any atom is -0.309 e. The Morgan fingerprint density at radius 1 is 0.587 bits per heavy atom. The van der Waals surface area contributed by atoms with E-state index in [1.54, 1.807) is 18.3 Å². The molecule has 4 nitrogen and oxygen atoms in total. The molecule has 214 valence electrons. The number of benzene rings is 6. The second kappa shape index (κ2) is 9.80. The third-order valence-corrected chi connectivity index (χ3v) is 9.94. The van der Waals surface area contributed by atoms with E-state index in [4.69, 9.17) is 16.8 Å². The molecule has 0 amide bonds. The molecule has 4 aromatic heterocycles. The molecule has 46 heavy (non-hydrogen) atoms. The smallest absolute Gasteiger partial charge is 0.163 e. The summed E-state index contributed by atoms with van der Waals surface area (Å²) in [5, 5.41) is 7.82. The monoisotopic (exact) mass is 609 g/mol. The quantitative estimate of drug-likeness (QED) is 0.200. The highest BCUT2D eigenvalue weighted by Gasteiger charge is 2.22. The van der Waals surface area contributed by atoms with Gasteiger partial charge in [-0.05, 0) is 53.9 Å². The van der Waals surface area contributed by atoms with Crippen molar-refractivity contribution in [1.29, 1.82) is 0 Å². The van der Waals surface area contributed by atoms with Gasteiger partial charge >= 0.3 is 0 Å². The predicted molar refractivity (Wildman–Crippen MR) is 193 cm³/mol.